The van der Waals surface area contributed by atoms with E-state index in [4.69, 9.17) is 9.47 Å². The Bertz CT molecular complexity index is 379. The summed E-state index contributed by atoms with van der Waals surface area (Å²) in [5.74, 6) is 2.63. The van der Waals surface area contributed by atoms with Gasteiger partial charge in [0.1, 0.15) is 0 Å². The minimum Gasteiger partial charge on any atom is -0.468 e. The maximum absolute atomic E-state index is 11.2. The van der Waals surface area contributed by atoms with Crippen LogP contribution in [0.1, 0.15) is 39.0 Å². The number of fused-ring (bicyclic) bond motifs is 2. The third kappa shape index (κ3) is 4.32. The molecule has 0 saturated heterocycles. The van der Waals surface area contributed by atoms with Crippen molar-refractivity contribution in [3.05, 3.63) is 12.7 Å². The van der Waals surface area contributed by atoms with Crippen LogP contribution in [-0.2, 0) is 19.1 Å². The van der Waals surface area contributed by atoms with Crippen LogP contribution >= 0.6 is 0 Å². The van der Waals surface area contributed by atoms with Gasteiger partial charge in [0.2, 0.25) is 0 Å². The van der Waals surface area contributed by atoms with Crippen molar-refractivity contribution in [2.75, 3.05) is 13.2 Å². The van der Waals surface area contributed by atoms with E-state index in [1.54, 1.807) is 0 Å². The van der Waals surface area contributed by atoms with E-state index in [1.165, 1.54) is 18.9 Å². The molecule has 2 aliphatic rings. The summed E-state index contributed by atoms with van der Waals surface area (Å²) in [5.41, 5.74) is 0. The lowest BCUT2D eigenvalue weighted by Gasteiger charge is -2.28. The van der Waals surface area contributed by atoms with Crippen molar-refractivity contribution in [3.63, 3.8) is 0 Å². The second-order valence-electron chi connectivity index (χ2n) is 6.67. The first-order chi connectivity index (χ1) is 10.1. The monoisotopic (exact) mass is 294 g/mol. The van der Waals surface area contributed by atoms with Gasteiger partial charge in [0.15, 0.2) is 0 Å². The zero-order valence-corrected chi connectivity index (χ0v) is 12.8. The smallest absolute Gasteiger partial charge is 0.330 e. The highest BCUT2D eigenvalue weighted by atomic mass is 16.5. The first kappa shape index (κ1) is 16.1. The molecule has 4 nitrogen and oxygen atoms in total. The Morgan fingerprint density at radius 2 is 2.00 bits per heavy atom. The van der Waals surface area contributed by atoms with Crippen molar-refractivity contribution >= 4 is 12.4 Å². The van der Waals surface area contributed by atoms with Gasteiger partial charge in [-0.1, -0.05) is 13.5 Å². The zero-order valence-electron chi connectivity index (χ0n) is 12.8. The third-order valence-corrected chi connectivity index (χ3v) is 5.34. The van der Waals surface area contributed by atoms with Crippen LogP contribution < -0.4 is 0 Å². The maximum Gasteiger partial charge on any atom is 0.330 e. The Hall–Kier alpha value is -1.32. The molecule has 0 aromatic carbocycles. The molecule has 2 bridgehead atoms. The van der Waals surface area contributed by atoms with Crippen molar-refractivity contribution in [3.8, 4) is 0 Å². The number of ether oxygens (including phenoxy) is 2. The summed E-state index contributed by atoms with van der Waals surface area (Å²) in [6, 6.07) is 0. The van der Waals surface area contributed by atoms with Crippen molar-refractivity contribution in [1.29, 1.82) is 0 Å². The highest BCUT2D eigenvalue weighted by molar-refractivity contribution is 5.81. The van der Waals surface area contributed by atoms with Gasteiger partial charge in [-0.2, -0.15) is 0 Å². The van der Waals surface area contributed by atoms with E-state index in [9.17, 15) is 9.59 Å². The van der Waals surface area contributed by atoms with E-state index in [2.05, 4.69) is 13.5 Å². The van der Waals surface area contributed by atoms with Crippen LogP contribution in [0.4, 0.5) is 0 Å². The lowest BCUT2D eigenvalue weighted by molar-refractivity contribution is -0.139. The summed E-state index contributed by atoms with van der Waals surface area (Å²) in [5, 5.41) is 0. The van der Waals surface area contributed by atoms with E-state index < -0.39 is 0 Å². The quantitative estimate of drug-likeness (QED) is 0.429. The van der Waals surface area contributed by atoms with E-state index in [1.807, 2.05) is 0 Å². The van der Waals surface area contributed by atoms with E-state index >= 15 is 0 Å². The van der Waals surface area contributed by atoms with Crippen LogP contribution in [-0.4, -0.2) is 25.7 Å². The Morgan fingerprint density at radius 3 is 2.71 bits per heavy atom. The molecule has 0 aromatic rings. The molecule has 0 radical (unpaired) electrons. The van der Waals surface area contributed by atoms with Gasteiger partial charge in [0, 0.05) is 6.08 Å². The normalized spacial score (nSPS) is 35.4. The molecule has 2 rings (SSSR count). The van der Waals surface area contributed by atoms with Crippen molar-refractivity contribution in [2.24, 2.45) is 29.6 Å². The molecule has 2 fully saturated rings. The first-order valence-corrected chi connectivity index (χ1v) is 7.98. The molecule has 5 atom stereocenters. The zero-order chi connectivity index (χ0) is 15.2. The van der Waals surface area contributed by atoms with Crippen LogP contribution in [0.5, 0.6) is 0 Å². The molecule has 0 amide bonds. The largest absolute Gasteiger partial charge is 0.468 e. The molecule has 2 saturated carbocycles. The topological polar surface area (TPSA) is 52.6 Å². The molecular weight excluding hydrogens is 268 g/mol. The van der Waals surface area contributed by atoms with Gasteiger partial charge in [-0.25, -0.2) is 4.79 Å². The second-order valence-corrected chi connectivity index (χ2v) is 6.67. The first-order valence-electron chi connectivity index (χ1n) is 7.98. The van der Waals surface area contributed by atoms with Crippen molar-refractivity contribution in [2.45, 2.75) is 39.0 Å². The fourth-order valence-corrected chi connectivity index (χ4v) is 4.14. The second kappa shape index (κ2) is 7.62. The van der Waals surface area contributed by atoms with Crippen LogP contribution in [0, 0.1) is 29.6 Å². The Balaban J connectivity index is 1.90. The number of carbonyl (C=O) groups is 2. The summed E-state index contributed by atoms with van der Waals surface area (Å²) in [4.78, 5) is 21.6. The summed E-state index contributed by atoms with van der Waals surface area (Å²) in [6.45, 7) is 7.36. The molecule has 118 valence electrons. The fourth-order valence-electron chi connectivity index (χ4n) is 4.14. The van der Waals surface area contributed by atoms with Crippen LogP contribution in [0.2, 0.25) is 0 Å². The number of hydrogen-bond donors (Lipinski definition) is 0. The summed E-state index contributed by atoms with van der Waals surface area (Å²) >= 11 is 0. The van der Waals surface area contributed by atoms with Gasteiger partial charge >= 0.3 is 5.97 Å². The molecule has 21 heavy (non-hydrogen) atoms. The van der Waals surface area contributed by atoms with Gasteiger partial charge in [-0.3, -0.25) is 4.79 Å². The van der Waals surface area contributed by atoms with Crippen LogP contribution in [0.3, 0.4) is 0 Å². The molecule has 2 aliphatic carbocycles. The molecule has 0 aliphatic heterocycles. The fraction of sp³-hybridized carbons (Fsp3) is 0.765. The standard InChI is InChI=1S/C17H26O4/c1-3-17(19)21-9-13-4-5-14-7-15(12(2)6-13)8-16(14)10-20-11-18/h3,11-16H,1,4-10H2,2H3/t12?,13?,14?,15-,16?/m0/s1. The summed E-state index contributed by atoms with van der Waals surface area (Å²) in [7, 11) is 0. The Labute approximate surface area is 126 Å². The molecule has 4 unspecified atom stereocenters. The molecule has 0 N–H and O–H groups in total. The Morgan fingerprint density at radius 1 is 1.19 bits per heavy atom. The van der Waals surface area contributed by atoms with E-state index in [0.29, 0.717) is 49.3 Å². The van der Waals surface area contributed by atoms with Gasteiger partial charge in [-0.15, -0.1) is 0 Å². The van der Waals surface area contributed by atoms with Gasteiger partial charge < -0.3 is 9.47 Å². The van der Waals surface area contributed by atoms with Crippen molar-refractivity contribution in [1.82, 2.24) is 0 Å². The van der Waals surface area contributed by atoms with Gasteiger partial charge in [0.25, 0.3) is 6.47 Å². The molecule has 4 heteroatoms. The highest BCUT2D eigenvalue weighted by Gasteiger charge is 2.39. The van der Waals surface area contributed by atoms with E-state index in [-0.39, 0.29) is 5.97 Å². The van der Waals surface area contributed by atoms with Gasteiger partial charge in [0.05, 0.1) is 13.2 Å². The molecule has 0 spiro atoms. The minimum absolute atomic E-state index is 0.329. The average Bonchev–Trinajstić information content (AvgIpc) is 2.90. The summed E-state index contributed by atoms with van der Waals surface area (Å²) < 4.78 is 10.2. The maximum atomic E-state index is 11.2. The predicted molar refractivity (Wildman–Crippen MR) is 79.4 cm³/mol. The Kier molecular flexibility index (Phi) is 5.83. The SMILES string of the molecule is C=CC(=O)OCC1CCC2C[C@@H](CC2COC=O)C(C)C1. The molecule has 0 heterocycles. The highest BCUT2D eigenvalue weighted by Crippen LogP contribution is 2.47. The molecule has 0 aromatic heterocycles. The van der Waals surface area contributed by atoms with Gasteiger partial charge in [-0.05, 0) is 61.7 Å². The average molecular weight is 294 g/mol. The van der Waals surface area contributed by atoms with Crippen LogP contribution in [0.25, 0.3) is 0 Å². The number of rotatable bonds is 6. The predicted octanol–water partition coefficient (Wildman–Crippen LogP) is 2.97. The number of hydrogen-bond acceptors (Lipinski definition) is 4. The van der Waals surface area contributed by atoms with Crippen LogP contribution in [0.15, 0.2) is 12.7 Å². The number of carbonyl (C=O) groups excluding carboxylic acids is 2. The lowest BCUT2D eigenvalue weighted by atomic mass is 9.79. The lowest BCUT2D eigenvalue weighted by Crippen LogP contribution is -2.22. The van der Waals surface area contributed by atoms with E-state index in [0.717, 1.165) is 19.3 Å². The molecular formula is C17H26O4. The third-order valence-electron chi connectivity index (χ3n) is 5.34. The number of esters is 1. The van der Waals surface area contributed by atoms with Crippen molar-refractivity contribution < 1.29 is 19.1 Å². The minimum atomic E-state index is -0.329. The summed E-state index contributed by atoms with van der Waals surface area (Å²) in [6.07, 6.45) is 6.99.